The summed E-state index contributed by atoms with van der Waals surface area (Å²) in [4.78, 5) is 23.2. The van der Waals surface area contributed by atoms with Crippen molar-refractivity contribution in [2.24, 2.45) is 0 Å². The van der Waals surface area contributed by atoms with Gasteiger partial charge in [0.2, 0.25) is 5.95 Å². The summed E-state index contributed by atoms with van der Waals surface area (Å²) in [7, 11) is 0. The number of carbonyl (C=O) groups is 1. The molecular formula is C22H21FN4O. The molecule has 0 saturated heterocycles. The molecule has 6 heteroatoms. The molecule has 0 fully saturated rings. The van der Waals surface area contributed by atoms with Crippen molar-refractivity contribution in [3.05, 3.63) is 83.4 Å². The first kappa shape index (κ1) is 18.1. The van der Waals surface area contributed by atoms with Crippen LogP contribution in [0.15, 0.2) is 60.9 Å². The number of hydrogen-bond acceptors (Lipinski definition) is 4. The second-order valence-corrected chi connectivity index (χ2v) is 6.75. The summed E-state index contributed by atoms with van der Waals surface area (Å²) in [5, 5.41) is 3.07. The average molecular weight is 376 g/mol. The number of rotatable bonds is 5. The highest BCUT2D eigenvalue weighted by Gasteiger charge is 2.23. The average Bonchev–Trinajstić information content (AvgIpc) is 2.75. The fourth-order valence-corrected chi connectivity index (χ4v) is 3.44. The molecule has 0 spiro atoms. The third kappa shape index (κ3) is 3.86. The minimum atomic E-state index is -0.215. The molecule has 0 aliphatic carbocycles. The summed E-state index contributed by atoms with van der Waals surface area (Å²) in [5.41, 5.74) is 3.25. The first-order valence-electron chi connectivity index (χ1n) is 9.41. The zero-order valence-electron chi connectivity index (χ0n) is 15.4. The van der Waals surface area contributed by atoms with E-state index in [-0.39, 0.29) is 11.7 Å². The van der Waals surface area contributed by atoms with Gasteiger partial charge in [-0.2, -0.15) is 0 Å². The second kappa shape index (κ2) is 8.17. The predicted molar refractivity (Wildman–Crippen MR) is 107 cm³/mol. The van der Waals surface area contributed by atoms with Gasteiger partial charge in [0.1, 0.15) is 5.82 Å². The maximum Gasteiger partial charge on any atom is 0.261 e. The van der Waals surface area contributed by atoms with Gasteiger partial charge in [0.15, 0.2) is 0 Å². The van der Waals surface area contributed by atoms with Crippen molar-refractivity contribution >= 4 is 17.5 Å². The van der Waals surface area contributed by atoms with Crippen molar-refractivity contribution < 1.29 is 9.18 Å². The Balaban J connectivity index is 1.40. The van der Waals surface area contributed by atoms with Crippen molar-refractivity contribution in [3.8, 4) is 0 Å². The maximum absolute atomic E-state index is 13.6. The first-order chi connectivity index (χ1) is 13.7. The molecule has 1 aliphatic rings. The summed E-state index contributed by atoms with van der Waals surface area (Å²) in [6, 6.07) is 14.7. The van der Waals surface area contributed by atoms with Crippen LogP contribution in [0.25, 0.3) is 0 Å². The number of anilines is 2. The second-order valence-electron chi connectivity index (χ2n) is 6.75. The number of aryl methyl sites for hydroxylation is 1. The predicted octanol–water partition coefficient (Wildman–Crippen LogP) is 3.86. The van der Waals surface area contributed by atoms with E-state index in [1.54, 1.807) is 17.0 Å². The zero-order valence-corrected chi connectivity index (χ0v) is 15.4. The van der Waals surface area contributed by atoms with Crippen LogP contribution in [0.5, 0.6) is 0 Å². The molecule has 0 atom stereocenters. The third-order valence-corrected chi connectivity index (χ3v) is 4.89. The van der Waals surface area contributed by atoms with Crippen LogP contribution in [0.3, 0.4) is 0 Å². The molecule has 0 bridgehead atoms. The maximum atomic E-state index is 13.6. The smallest absolute Gasteiger partial charge is 0.261 e. The van der Waals surface area contributed by atoms with Gasteiger partial charge in [0.05, 0.1) is 5.56 Å². The van der Waals surface area contributed by atoms with E-state index >= 15 is 0 Å². The Morgan fingerprint density at radius 2 is 1.82 bits per heavy atom. The van der Waals surface area contributed by atoms with Crippen LogP contribution in [0, 0.1) is 5.82 Å². The molecule has 142 valence electrons. The van der Waals surface area contributed by atoms with Gasteiger partial charge in [-0.25, -0.2) is 14.4 Å². The number of nitrogens with zero attached hydrogens (tertiary/aromatic N) is 3. The van der Waals surface area contributed by atoms with Gasteiger partial charge >= 0.3 is 0 Å². The van der Waals surface area contributed by atoms with E-state index in [4.69, 9.17) is 0 Å². The summed E-state index contributed by atoms with van der Waals surface area (Å²) >= 11 is 0. The molecule has 0 unspecified atom stereocenters. The quantitative estimate of drug-likeness (QED) is 0.735. The molecule has 1 amide bonds. The molecule has 0 saturated carbocycles. The fourth-order valence-electron chi connectivity index (χ4n) is 3.44. The van der Waals surface area contributed by atoms with Crippen LogP contribution in [-0.2, 0) is 12.8 Å². The Hall–Kier alpha value is -3.28. The highest BCUT2D eigenvalue weighted by Crippen LogP contribution is 2.27. The Bertz CT molecular complexity index is 974. The molecule has 1 N–H and O–H groups in total. The number of amides is 1. The number of carbonyl (C=O) groups excluding carboxylic acids is 1. The topological polar surface area (TPSA) is 58.1 Å². The van der Waals surface area contributed by atoms with Crippen LogP contribution in [0.2, 0.25) is 0 Å². The summed E-state index contributed by atoms with van der Waals surface area (Å²) < 4.78 is 13.6. The van der Waals surface area contributed by atoms with Gasteiger partial charge < -0.3 is 10.2 Å². The molecule has 1 aliphatic heterocycles. The number of hydrogen-bond donors (Lipinski definition) is 1. The fraction of sp³-hybridized carbons (Fsp3) is 0.227. The first-order valence-corrected chi connectivity index (χ1v) is 9.41. The SMILES string of the molecule is O=C(c1cnc(NCCc2ccccc2F)nc1)N1CCCc2ccccc21. The Labute approximate surface area is 163 Å². The van der Waals surface area contributed by atoms with Gasteiger partial charge in [-0.1, -0.05) is 36.4 Å². The lowest BCUT2D eigenvalue weighted by Gasteiger charge is -2.29. The van der Waals surface area contributed by atoms with Gasteiger partial charge in [-0.15, -0.1) is 0 Å². The summed E-state index contributed by atoms with van der Waals surface area (Å²) in [6.07, 6.45) is 5.54. The van der Waals surface area contributed by atoms with Crippen LogP contribution in [-0.4, -0.2) is 29.0 Å². The minimum Gasteiger partial charge on any atom is -0.354 e. The molecular weight excluding hydrogens is 355 g/mol. The summed E-state index contributed by atoms with van der Waals surface area (Å²) in [5.74, 6) is 0.116. The lowest BCUT2D eigenvalue weighted by Crippen LogP contribution is -2.35. The molecule has 2 heterocycles. The van der Waals surface area contributed by atoms with Gasteiger partial charge in [0, 0.05) is 31.2 Å². The number of benzene rings is 2. The largest absolute Gasteiger partial charge is 0.354 e. The number of fused-ring (bicyclic) bond motifs is 1. The number of halogens is 1. The van der Waals surface area contributed by atoms with Crippen molar-refractivity contribution in [3.63, 3.8) is 0 Å². The van der Waals surface area contributed by atoms with E-state index in [0.29, 0.717) is 36.6 Å². The minimum absolute atomic E-state index is 0.0925. The highest BCUT2D eigenvalue weighted by molar-refractivity contribution is 6.06. The molecule has 0 radical (unpaired) electrons. The number of aromatic nitrogens is 2. The zero-order chi connectivity index (χ0) is 19.3. The Morgan fingerprint density at radius 3 is 2.64 bits per heavy atom. The van der Waals surface area contributed by atoms with Crippen LogP contribution >= 0.6 is 0 Å². The van der Waals surface area contributed by atoms with Crippen molar-refractivity contribution in [1.82, 2.24) is 9.97 Å². The van der Waals surface area contributed by atoms with Crippen molar-refractivity contribution in [2.45, 2.75) is 19.3 Å². The highest BCUT2D eigenvalue weighted by atomic mass is 19.1. The number of nitrogens with one attached hydrogen (secondary N) is 1. The summed E-state index contributed by atoms with van der Waals surface area (Å²) in [6.45, 7) is 1.20. The van der Waals surface area contributed by atoms with Crippen molar-refractivity contribution in [1.29, 1.82) is 0 Å². The van der Waals surface area contributed by atoms with Gasteiger partial charge in [0.25, 0.3) is 5.91 Å². The Kier molecular flexibility index (Phi) is 5.28. The van der Waals surface area contributed by atoms with Gasteiger partial charge in [-0.05, 0) is 42.5 Å². The molecule has 1 aromatic heterocycles. The van der Waals surface area contributed by atoms with Gasteiger partial charge in [-0.3, -0.25) is 4.79 Å². The molecule has 5 nitrogen and oxygen atoms in total. The molecule has 28 heavy (non-hydrogen) atoms. The molecule has 2 aromatic carbocycles. The molecule has 3 aromatic rings. The third-order valence-electron chi connectivity index (χ3n) is 4.89. The van der Waals surface area contributed by atoms with E-state index in [1.807, 2.05) is 24.3 Å². The van der Waals surface area contributed by atoms with Crippen molar-refractivity contribution in [2.75, 3.05) is 23.3 Å². The monoisotopic (exact) mass is 376 g/mol. The van der Waals surface area contributed by atoms with E-state index < -0.39 is 0 Å². The lowest BCUT2D eigenvalue weighted by molar-refractivity contribution is 0.0984. The molecule has 4 rings (SSSR count). The normalized spacial score (nSPS) is 13.1. The number of para-hydroxylation sites is 1. The van der Waals surface area contributed by atoms with E-state index in [1.165, 1.54) is 24.0 Å². The standard InChI is InChI=1S/C22H21FN4O/c23-19-9-3-1-6-16(19)11-12-24-22-25-14-18(15-26-22)21(28)27-13-5-8-17-7-2-4-10-20(17)27/h1-4,6-7,9-10,14-15H,5,8,11-13H2,(H,24,25,26). The van der Waals surface area contributed by atoms with E-state index in [2.05, 4.69) is 21.4 Å². The van der Waals surface area contributed by atoms with Crippen LogP contribution in [0.1, 0.15) is 27.9 Å². The Morgan fingerprint density at radius 1 is 1.07 bits per heavy atom. The lowest BCUT2D eigenvalue weighted by atomic mass is 10.0. The van der Waals surface area contributed by atoms with Crippen LogP contribution < -0.4 is 10.2 Å². The van der Waals surface area contributed by atoms with Crippen LogP contribution in [0.4, 0.5) is 16.0 Å². The van der Waals surface area contributed by atoms with E-state index in [9.17, 15) is 9.18 Å². The van der Waals surface area contributed by atoms with E-state index in [0.717, 1.165) is 18.5 Å².